The number of amides is 2. The fraction of sp³-hybridized carbons (Fsp3) is 0.556. The summed E-state index contributed by atoms with van der Waals surface area (Å²) in [6.45, 7) is 5.99. The number of nitrogens with zero attached hydrogens (tertiary/aromatic N) is 7. The maximum atomic E-state index is 13.1. The molecule has 0 aliphatic carbocycles. The topological polar surface area (TPSA) is 97.1 Å². The molecule has 9 heteroatoms. The first-order valence-electron chi connectivity index (χ1n) is 9.30. The highest BCUT2D eigenvalue weighted by molar-refractivity contribution is 5.95. The highest BCUT2D eigenvalue weighted by Crippen LogP contribution is 2.41. The van der Waals surface area contributed by atoms with Crippen LogP contribution in [0.4, 0.5) is 0 Å². The molecule has 1 unspecified atom stereocenters. The van der Waals surface area contributed by atoms with E-state index in [-0.39, 0.29) is 17.9 Å². The van der Waals surface area contributed by atoms with Crippen LogP contribution in [-0.2, 0) is 4.79 Å². The molecule has 2 aliphatic heterocycles. The molecule has 0 saturated carbocycles. The Balaban J connectivity index is 1.53. The lowest BCUT2D eigenvalue weighted by atomic mass is 9.78. The minimum absolute atomic E-state index is 0.0851. The molecule has 4 heterocycles. The molecule has 142 valence electrons. The number of hydrogen-bond donors (Lipinski definition) is 0. The zero-order valence-electron chi connectivity index (χ0n) is 15.6. The van der Waals surface area contributed by atoms with Gasteiger partial charge in [-0.1, -0.05) is 0 Å². The average molecular weight is 369 g/mol. The van der Waals surface area contributed by atoms with Gasteiger partial charge < -0.3 is 9.80 Å². The van der Waals surface area contributed by atoms with Gasteiger partial charge in [-0.15, -0.1) is 5.10 Å². The molecule has 27 heavy (non-hydrogen) atoms. The fourth-order valence-corrected chi connectivity index (χ4v) is 4.14. The van der Waals surface area contributed by atoms with Gasteiger partial charge in [-0.25, -0.2) is 4.98 Å². The Kier molecular flexibility index (Phi) is 4.37. The van der Waals surface area contributed by atoms with Crippen molar-refractivity contribution in [2.75, 3.05) is 19.6 Å². The largest absolute Gasteiger partial charge is 0.340 e. The van der Waals surface area contributed by atoms with Gasteiger partial charge in [0.2, 0.25) is 5.91 Å². The lowest BCUT2D eigenvalue weighted by Gasteiger charge is -2.41. The van der Waals surface area contributed by atoms with Crippen molar-refractivity contribution >= 4 is 11.8 Å². The molecule has 9 nitrogen and oxygen atoms in total. The molecule has 0 bridgehead atoms. The summed E-state index contributed by atoms with van der Waals surface area (Å²) in [6, 6.07) is 3.55. The number of carbonyl (C=O) groups excluding carboxylic acids is 2. The molecular formula is C18H23N7O2. The molecule has 2 saturated heterocycles. The van der Waals surface area contributed by atoms with Gasteiger partial charge in [0.05, 0.1) is 5.41 Å². The van der Waals surface area contributed by atoms with E-state index in [9.17, 15) is 9.59 Å². The van der Waals surface area contributed by atoms with Crippen LogP contribution in [0.5, 0.6) is 0 Å². The summed E-state index contributed by atoms with van der Waals surface area (Å²) in [7, 11) is 0. The summed E-state index contributed by atoms with van der Waals surface area (Å²) in [5.41, 5.74) is 0.0978. The summed E-state index contributed by atoms with van der Waals surface area (Å²) >= 11 is 0. The van der Waals surface area contributed by atoms with Gasteiger partial charge >= 0.3 is 0 Å². The quantitative estimate of drug-likeness (QED) is 0.798. The highest BCUT2D eigenvalue weighted by atomic mass is 16.2. The van der Waals surface area contributed by atoms with Crippen LogP contribution in [0.15, 0.2) is 24.7 Å². The molecular weight excluding hydrogens is 346 g/mol. The Morgan fingerprint density at radius 3 is 2.85 bits per heavy atom. The van der Waals surface area contributed by atoms with Crippen LogP contribution in [0.2, 0.25) is 0 Å². The third kappa shape index (κ3) is 3.07. The van der Waals surface area contributed by atoms with Crippen LogP contribution in [0.1, 0.15) is 43.5 Å². The van der Waals surface area contributed by atoms with Crippen molar-refractivity contribution in [3.8, 4) is 5.82 Å². The Morgan fingerprint density at radius 1 is 1.26 bits per heavy atom. The van der Waals surface area contributed by atoms with Crippen LogP contribution in [0, 0.1) is 5.41 Å². The van der Waals surface area contributed by atoms with Gasteiger partial charge in [-0.05, 0) is 55.7 Å². The Labute approximate surface area is 157 Å². The molecule has 1 spiro atoms. The van der Waals surface area contributed by atoms with Gasteiger partial charge in [0.1, 0.15) is 6.33 Å². The second-order valence-electron chi connectivity index (χ2n) is 7.61. The molecule has 2 aromatic rings. The fourth-order valence-electron chi connectivity index (χ4n) is 4.14. The van der Waals surface area contributed by atoms with Crippen molar-refractivity contribution < 1.29 is 9.59 Å². The van der Waals surface area contributed by atoms with Crippen LogP contribution in [0.25, 0.3) is 5.82 Å². The summed E-state index contributed by atoms with van der Waals surface area (Å²) in [5.74, 6) is 0.598. The van der Waals surface area contributed by atoms with E-state index in [2.05, 4.69) is 20.5 Å². The van der Waals surface area contributed by atoms with Crippen molar-refractivity contribution in [1.82, 2.24) is 35.0 Å². The van der Waals surface area contributed by atoms with Gasteiger partial charge in [0.25, 0.3) is 5.91 Å². The van der Waals surface area contributed by atoms with E-state index in [1.54, 1.807) is 23.2 Å². The zero-order chi connectivity index (χ0) is 19.0. The lowest BCUT2D eigenvalue weighted by molar-refractivity contribution is -0.147. The van der Waals surface area contributed by atoms with Crippen molar-refractivity contribution in [3.63, 3.8) is 0 Å². The number of likely N-dealkylation sites (tertiary alicyclic amines) is 2. The van der Waals surface area contributed by atoms with Crippen molar-refractivity contribution in [2.24, 2.45) is 5.41 Å². The van der Waals surface area contributed by atoms with Crippen molar-refractivity contribution in [3.05, 3.63) is 30.2 Å². The molecule has 1 atom stereocenters. The summed E-state index contributed by atoms with van der Waals surface area (Å²) in [5, 5.41) is 11.0. The number of tetrazole rings is 1. The predicted octanol–water partition coefficient (Wildman–Crippen LogP) is 0.920. The van der Waals surface area contributed by atoms with Gasteiger partial charge in [-0.2, -0.15) is 4.68 Å². The summed E-state index contributed by atoms with van der Waals surface area (Å²) in [4.78, 5) is 34.0. The minimum Gasteiger partial charge on any atom is -0.340 e. The Hall–Kier alpha value is -2.84. The van der Waals surface area contributed by atoms with Gasteiger partial charge in [-0.3, -0.25) is 9.59 Å². The third-order valence-electron chi connectivity index (χ3n) is 5.61. The molecule has 2 fully saturated rings. The van der Waals surface area contributed by atoms with Crippen molar-refractivity contribution in [2.45, 2.75) is 39.2 Å². The molecule has 4 rings (SSSR count). The first-order valence-corrected chi connectivity index (χ1v) is 9.30. The molecule has 0 N–H and O–H groups in total. The standard InChI is InChI=1S/C18H23N7O2/c1-13(2)24-8-3-5-18(17(24)27)6-9-23(11-18)16(26)14-4-7-19-15(10-14)25-12-20-21-22-25/h4,7,10,12-13H,3,5-6,8-9,11H2,1-2H3. The van der Waals surface area contributed by atoms with Crippen LogP contribution >= 0.6 is 0 Å². The van der Waals surface area contributed by atoms with Crippen LogP contribution in [-0.4, -0.2) is 72.5 Å². The smallest absolute Gasteiger partial charge is 0.254 e. The molecule has 2 aliphatic rings. The van der Waals surface area contributed by atoms with E-state index in [4.69, 9.17) is 0 Å². The summed E-state index contributed by atoms with van der Waals surface area (Å²) in [6.07, 6.45) is 5.58. The Bertz CT molecular complexity index is 851. The number of hydrogen-bond acceptors (Lipinski definition) is 6. The zero-order valence-corrected chi connectivity index (χ0v) is 15.6. The summed E-state index contributed by atoms with van der Waals surface area (Å²) < 4.78 is 1.41. The molecule has 2 amide bonds. The van der Waals surface area contributed by atoms with Gasteiger partial charge in [0, 0.05) is 37.4 Å². The third-order valence-corrected chi connectivity index (χ3v) is 5.61. The van der Waals surface area contributed by atoms with E-state index in [1.807, 2.05) is 18.7 Å². The van der Waals surface area contributed by atoms with Crippen LogP contribution < -0.4 is 0 Å². The number of rotatable bonds is 3. The maximum Gasteiger partial charge on any atom is 0.254 e. The first-order chi connectivity index (χ1) is 13.0. The highest BCUT2D eigenvalue weighted by Gasteiger charge is 2.49. The normalized spacial score (nSPS) is 22.9. The Morgan fingerprint density at radius 2 is 2.11 bits per heavy atom. The SMILES string of the molecule is CC(C)N1CCCC2(CCN(C(=O)c3ccnc(-n4cnnn4)c3)C2)C1=O. The van der Waals surface area contributed by atoms with Crippen LogP contribution in [0.3, 0.4) is 0 Å². The number of pyridine rings is 1. The van der Waals surface area contributed by atoms with E-state index in [1.165, 1.54) is 11.0 Å². The van der Waals surface area contributed by atoms with Gasteiger partial charge in [0.15, 0.2) is 5.82 Å². The van der Waals surface area contributed by atoms with E-state index < -0.39 is 5.41 Å². The second kappa shape index (κ2) is 6.71. The average Bonchev–Trinajstić information content (AvgIpc) is 3.34. The lowest BCUT2D eigenvalue weighted by Crippen LogP contribution is -2.52. The van der Waals surface area contributed by atoms with E-state index >= 15 is 0 Å². The maximum absolute atomic E-state index is 13.1. The minimum atomic E-state index is -0.427. The predicted molar refractivity (Wildman–Crippen MR) is 96.0 cm³/mol. The molecule has 0 radical (unpaired) electrons. The first kappa shape index (κ1) is 17.6. The monoisotopic (exact) mass is 369 g/mol. The van der Waals surface area contributed by atoms with E-state index in [0.29, 0.717) is 24.5 Å². The van der Waals surface area contributed by atoms with Crippen molar-refractivity contribution in [1.29, 1.82) is 0 Å². The number of piperidine rings is 1. The number of aromatic nitrogens is 5. The van der Waals surface area contributed by atoms with E-state index in [0.717, 1.165) is 25.8 Å². The number of carbonyl (C=O) groups is 2. The molecule has 2 aromatic heterocycles. The second-order valence-corrected chi connectivity index (χ2v) is 7.61. The molecule has 0 aromatic carbocycles.